The first-order valence-corrected chi connectivity index (χ1v) is 13.0. The molecule has 38 heavy (non-hydrogen) atoms. The number of amides is 1. The van der Waals surface area contributed by atoms with Gasteiger partial charge in [0.15, 0.2) is 0 Å². The second-order valence-corrected chi connectivity index (χ2v) is 10.3. The lowest BCUT2D eigenvalue weighted by molar-refractivity contribution is 0.0600. The molecule has 2 N–H and O–H groups in total. The SMILES string of the molecule is CCCCc1nc2c(Cc3ccc(-c4ccccc4NC(=O)OC(C)(C)C)cc3)ccc(C(=O)OC)c2[nH]1. The van der Waals surface area contributed by atoms with Gasteiger partial charge in [-0.2, -0.15) is 0 Å². The van der Waals surface area contributed by atoms with Crippen LogP contribution in [-0.4, -0.2) is 34.7 Å². The zero-order valence-electron chi connectivity index (χ0n) is 22.7. The van der Waals surface area contributed by atoms with Gasteiger partial charge >= 0.3 is 12.1 Å². The largest absolute Gasteiger partial charge is 0.465 e. The summed E-state index contributed by atoms with van der Waals surface area (Å²) in [7, 11) is 1.39. The zero-order valence-corrected chi connectivity index (χ0v) is 22.7. The summed E-state index contributed by atoms with van der Waals surface area (Å²) in [6, 6.07) is 19.6. The number of nitrogens with one attached hydrogen (secondary N) is 2. The summed E-state index contributed by atoms with van der Waals surface area (Å²) in [5.41, 5.74) is 6.15. The Kier molecular flexibility index (Phi) is 8.15. The lowest BCUT2D eigenvalue weighted by Crippen LogP contribution is -2.27. The fraction of sp³-hybridized carbons (Fsp3) is 0.323. The van der Waals surface area contributed by atoms with Gasteiger partial charge in [0, 0.05) is 12.0 Å². The number of hydrogen-bond acceptors (Lipinski definition) is 5. The molecule has 0 spiro atoms. The first-order chi connectivity index (χ1) is 18.2. The van der Waals surface area contributed by atoms with Gasteiger partial charge in [0.1, 0.15) is 11.4 Å². The van der Waals surface area contributed by atoms with Gasteiger partial charge in [-0.25, -0.2) is 14.6 Å². The molecule has 4 aromatic rings. The molecule has 1 aromatic heterocycles. The van der Waals surface area contributed by atoms with Crippen LogP contribution in [-0.2, 0) is 22.3 Å². The van der Waals surface area contributed by atoms with Crippen LogP contribution >= 0.6 is 0 Å². The van der Waals surface area contributed by atoms with E-state index in [1.54, 1.807) is 6.07 Å². The maximum Gasteiger partial charge on any atom is 0.412 e. The molecule has 0 saturated heterocycles. The van der Waals surface area contributed by atoms with Crippen LogP contribution in [0.1, 0.15) is 67.8 Å². The minimum Gasteiger partial charge on any atom is -0.465 e. The van der Waals surface area contributed by atoms with Gasteiger partial charge in [-0.1, -0.05) is 61.9 Å². The van der Waals surface area contributed by atoms with Crippen LogP contribution in [0.4, 0.5) is 10.5 Å². The van der Waals surface area contributed by atoms with Crippen molar-refractivity contribution in [3.8, 4) is 11.1 Å². The van der Waals surface area contributed by atoms with Gasteiger partial charge < -0.3 is 14.5 Å². The Labute approximate surface area is 223 Å². The number of rotatable bonds is 8. The number of imidazole rings is 1. The zero-order chi connectivity index (χ0) is 27.3. The molecule has 198 valence electrons. The summed E-state index contributed by atoms with van der Waals surface area (Å²) >= 11 is 0. The van der Waals surface area contributed by atoms with Crippen molar-refractivity contribution in [3.05, 3.63) is 83.2 Å². The van der Waals surface area contributed by atoms with Crippen molar-refractivity contribution in [1.82, 2.24) is 9.97 Å². The quantitative estimate of drug-likeness (QED) is 0.241. The van der Waals surface area contributed by atoms with Crippen LogP contribution in [0.2, 0.25) is 0 Å². The van der Waals surface area contributed by atoms with Crippen molar-refractivity contribution >= 4 is 28.8 Å². The number of para-hydroxylation sites is 1. The van der Waals surface area contributed by atoms with Crippen molar-refractivity contribution < 1.29 is 19.1 Å². The average Bonchev–Trinajstić information content (AvgIpc) is 3.31. The van der Waals surface area contributed by atoms with Crippen molar-refractivity contribution in [2.75, 3.05) is 12.4 Å². The van der Waals surface area contributed by atoms with Crippen molar-refractivity contribution in [1.29, 1.82) is 0 Å². The van der Waals surface area contributed by atoms with E-state index < -0.39 is 11.7 Å². The Bertz CT molecular complexity index is 1430. The van der Waals surface area contributed by atoms with Crippen molar-refractivity contribution in [2.24, 2.45) is 0 Å². The third-order valence-electron chi connectivity index (χ3n) is 6.17. The highest BCUT2D eigenvalue weighted by Crippen LogP contribution is 2.30. The lowest BCUT2D eigenvalue weighted by Gasteiger charge is -2.20. The molecule has 4 rings (SSSR count). The number of fused-ring (bicyclic) bond motifs is 1. The highest BCUT2D eigenvalue weighted by molar-refractivity contribution is 6.03. The van der Waals surface area contributed by atoms with Gasteiger partial charge in [0.25, 0.3) is 0 Å². The molecular formula is C31H35N3O4. The molecule has 1 heterocycles. The van der Waals surface area contributed by atoms with Gasteiger partial charge in [-0.3, -0.25) is 5.32 Å². The molecule has 0 fully saturated rings. The van der Waals surface area contributed by atoms with E-state index in [2.05, 4.69) is 29.4 Å². The molecule has 0 aliphatic heterocycles. The Morgan fingerprint density at radius 1 is 1.00 bits per heavy atom. The van der Waals surface area contributed by atoms with E-state index in [-0.39, 0.29) is 5.97 Å². The van der Waals surface area contributed by atoms with Gasteiger partial charge in [-0.05, 0) is 62.4 Å². The average molecular weight is 514 g/mol. The minimum absolute atomic E-state index is 0.379. The monoisotopic (exact) mass is 513 g/mol. The smallest absolute Gasteiger partial charge is 0.412 e. The van der Waals surface area contributed by atoms with Gasteiger partial charge in [-0.15, -0.1) is 0 Å². The lowest BCUT2D eigenvalue weighted by atomic mass is 9.98. The third kappa shape index (κ3) is 6.40. The van der Waals surface area contributed by atoms with Crippen LogP contribution < -0.4 is 5.32 Å². The molecule has 7 heteroatoms. The molecule has 0 aliphatic carbocycles. The maximum absolute atomic E-state index is 12.4. The summed E-state index contributed by atoms with van der Waals surface area (Å²) < 4.78 is 10.4. The summed E-state index contributed by atoms with van der Waals surface area (Å²) in [6.45, 7) is 7.65. The number of hydrogen-bond donors (Lipinski definition) is 2. The molecule has 0 bridgehead atoms. The van der Waals surface area contributed by atoms with Crippen molar-refractivity contribution in [2.45, 2.75) is 59.0 Å². The Hall–Kier alpha value is -4.13. The Morgan fingerprint density at radius 3 is 2.42 bits per heavy atom. The summed E-state index contributed by atoms with van der Waals surface area (Å²) in [4.78, 5) is 32.9. The number of aryl methyl sites for hydroxylation is 1. The first-order valence-electron chi connectivity index (χ1n) is 13.0. The number of aromatic nitrogens is 2. The number of unbranched alkanes of at least 4 members (excludes halogenated alkanes) is 1. The highest BCUT2D eigenvalue weighted by atomic mass is 16.6. The second-order valence-electron chi connectivity index (χ2n) is 10.3. The second kappa shape index (κ2) is 11.5. The minimum atomic E-state index is -0.577. The van der Waals surface area contributed by atoms with Crippen LogP contribution in [0, 0.1) is 0 Å². The molecule has 0 unspecified atom stereocenters. The predicted molar refractivity (Wildman–Crippen MR) is 151 cm³/mol. The van der Waals surface area contributed by atoms with E-state index in [0.29, 0.717) is 17.7 Å². The summed E-state index contributed by atoms with van der Waals surface area (Å²) in [5.74, 6) is 0.499. The normalized spacial score (nSPS) is 11.4. The number of esters is 1. The van der Waals surface area contributed by atoms with Crippen LogP contribution in [0.3, 0.4) is 0 Å². The predicted octanol–water partition coefficient (Wildman–Crippen LogP) is 7.30. The third-order valence-corrected chi connectivity index (χ3v) is 6.17. The van der Waals surface area contributed by atoms with Gasteiger partial charge in [0.2, 0.25) is 0 Å². The topological polar surface area (TPSA) is 93.3 Å². The molecule has 0 atom stereocenters. The number of methoxy groups -OCH3 is 1. The van der Waals surface area contributed by atoms with E-state index in [4.69, 9.17) is 14.5 Å². The number of carbonyl (C=O) groups is 2. The van der Waals surface area contributed by atoms with E-state index >= 15 is 0 Å². The number of ether oxygens (including phenoxy) is 2. The van der Waals surface area contributed by atoms with Crippen molar-refractivity contribution in [3.63, 3.8) is 0 Å². The molecule has 7 nitrogen and oxygen atoms in total. The van der Waals surface area contributed by atoms with E-state index in [9.17, 15) is 9.59 Å². The molecule has 0 radical (unpaired) electrons. The highest BCUT2D eigenvalue weighted by Gasteiger charge is 2.19. The Morgan fingerprint density at radius 2 is 1.74 bits per heavy atom. The standard InChI is InChI=1S/C31H35N3O4/c1-6-7-12-26-33-27-22(17-18-24(28(27)34-26)29(35)37-5)19-20-13-15-21(16-14-20)23-10-8-9-11-25(23)32-30(36)38-31(2,3)4/h8-11,13-18H,6-7,12,19H2,1-5H3,(H,32,36)(H,33,34). The first kappa shape index (κ1) is 26.9. The molecule has 3 aromatic carbocycles. The number of carbonyl (C=O) groups excluding carboxylic acids is 2. The van der Waals surface area contributed by atoms with Crippen LogP contribution in [0.5, 0.6) is 0 Å². The Balaban J connectivity index is 1.59. The summed E-state index contributed by atoms with van der Waals surface area (Å²) in [5, 5.41) is 2.87. The fourth-order valence-corrected chi connectivity index (χ4v) is 4.36. The molecule has 0 saturated carbocycles. The van der Waals surface area contributed by atoms with Gasteiger partial charge in [0.05, 0.1) is 29.4 Å². The maximum atomic E-state index is 12.4. The van der Waals surface area contributed by atoms with E-state index in [0.717, 1.165) is 58.4 Å². The fourth-order valence-electron chi connectivity index (χ4n) is 4.36. The van der Waals surface area contributed by atoms with E-state index in [1.165, 1.54) is 7.11 Å². The van der Waals surface area contributed by atoms with Crippen LogP contribution in [0.25, 0.3) is 22.2 Å². The summed E-state index contributed by atoms with van der Waals surface area (Å²) in [6.07, 6.45) is 3.09. The molecule has 0 aliphatic rings. The molecular weight excluding hydrogens is 478 g/mol. The number of aromatic amines is 1. The van der Waals surface area contributed by atoms with E-state index in [1.807, 2.05) is 63.2 Å². The number of H-pyrrole nitrogens is 1. The number of benzene rings is 3. The number of nitrogens with zero attached hydrogens (tertiary/aromatic N) is 1. The van der Waals surface area contributed by atoms with Crippen LogP contribution in [0.15, 0.2) is 60.7 Å². The number of anilines is 1. The molecule has 1 amide bonds.